The van der Waals surface area contributed by atoms with Crippen LogP contribution in [0.2, 0.25) is 0 Å². The summed E-state index contributed by atoms with van der Waals surface area (Å²) in [6.07, 6.45) is 0. The first kappa shape index (κ1) is 9.15. The molecule has 1 rings (SSSR count). The third-order valence-corrected chi connectivity index (χ3v) is 1.92. The fourth-order valence-corrected chi connectivity index (χ4v) is 1.30. The van der Waals surface area contributed by atoms with Crippen LogP contribution in [0.25, 0.3) is 0 Å². The molecular formula is C7H11N3OS. The van der Waals surface area contributed by atoms with Gasteiger partial charge in [0.2, 0.25) is 5.91 Å². The smallest absolute Gasteiger partial charge is 0.234 e. The second kappa shape index (κ2) is 4.84. The molecule has 0 bridgehead atoms. The minimum Gasteiger partial charge on any atom is -0.349 e. The highest BCUT2D eigenvalue weighted by Crippen LogP contribution is 1.99. The molecule has 1 heterocycles. The fourth-order valence-electron chi connectivity index (χ4n) is 0.737. The lowest BCUT2D eigenvalue weighted by Gasteiger charge is -2.00. The van der Waals surface area contributed by atoms with E-state index < -0.39 is 0 Å². The van der Waals surface area contributed by atoms with E-state index in [1.807, 2.05) is 5.38 Å². The van der Waals surface area contributed by atoms with Gasteiger partial charge in [-0.3, -0.25) is 4.79 Å². The predicted molar refractivity (Wildman–Crippen MR) is 47.9 cm³/mol. The number of hydrogen-bond donors (Lipinski definition) is 2. The van der Waals surface area contributed by atoms with Gasteiger partial charge in [0.05, 0.1) is 24.3 Å². The summed E-state index contributed by atoms with van der Waals surface area (Å²) in [5.74, 6) is -0.00880. The van der Waals surface area contributed by atoms with Crippen molar-refractivity contribution in [2.75, 3.05) is 13.6 Å². The Labute approximate surface area is 75.0 Å². The molecule has 0 fully saturated rings. The van der Waals surface area contributed by atoms with Crippen molar-refractivity contribution >= 4 is 17.2 Å². The van der Waals surface area contributed by atoms with Crippen LogP contribution in [0.4, 0.5) is 0 Å². The summed E-state index contributed by atoms with van der Waals surface area (Å²) < 4.78 is 0. The molecule has 0 unspecified atom stereocenters. The number of nitrogens with zero attached hydrogens (tertiary/aromatic N) is 1. The second-order valence-corrected chi connectivity index (χ2v) is 3.01. The Morgan fingerprint density at radius 1 is 1.75 bits per heavy atom. The standard InChI is InChI=1S/C7H11N3OS/c1-8-3-7(11)9-2-6-4-12-5-10-6/h4-5,8H,2-3H2,1H3,(H,9,11). The van der Waals surface area contributed by atoms with Gasteiger partial charge in [-0.1, -0.05) is 0 Å². The van der Waals surface area contributed by atoms with Crippen LogP contribution in [0, 0.1) is 0 Å². The van der Waals surface area contributed by atoms with Crippen LogP contribution in [-0.2, 0) is 11.3 Å². The lowest BCUT2D eigenvalue weighted by Crippen LogP contribution is -2.31. The summed E-state index contributed by atoms with van der Waals surface area (Å²) in [7, 11) is 1.74. The fraction of sp³-hybridized carbons (Fsp3) is 0.429. The van der Waals surface area contributed by atoms with Gasteiger partial charge in [0, 0.05) is 5.38 Å². The number of likely N-dealkylation sites (N-methyl/N-ethyl adjacent to an activating group) is 1. The zero-order valence-corrected chi connectivity index (χ0v) is 7.65. The molecule has 0 saturated carbocycles. The first-order valence-electron chi connectivity index (χ1n) is 3.61. The number of carbonyl (C=O) groups is 1. The molecule has 1 aromatic rings. The molecule has 0 aliphatic heterocycles. The molecule has 0 atom stereocenters. The van der Waals surface area contributed by atoms with Gasteiger partial charge in [-0.25, -0.2) is 4.98 Å². The third kappa shape index (κ3) is 2.98. The van der Waals surface area contributed by atoms with E-state index in [0.717, 1.165) is 5.69 Å². The molecule has 2 N–H and O–H groups in total. The van der Waals surface area contributed by atoms with Crippen LogP contribution in [0.1, 0.15) is 5.69 Å². The highest BCUT2D eigenvalue weighted by atomic mass is 32.1. The average Bonchev–Trinajstić information content (AvgIpc) is 2.53. The Hall–Kier alpha value is -0.940. The molecule has 0 saturated heterocycles. The first-order chi connectivity index (χ1) is 5.83. The molecule has 0 radical (unpaired) electrons. The summed E-state index contributed by atoms with van der Waals surface area (Å²) in [5, 5.41) is 7.41. The van der Waals surface area contributed by atoms with Gasteiger partial charge < -0.3 is 10.6 Å². The lowest BCUT2D eigenvalue weighted by molar-refractivity contribution is -0.120. The van der Waals surface area contributed by atoms with Crippen molar-refractivity contribution in [1.82, 2.24) is 15.6 Å². The van der Waals surface area contributed by atoms with Gasteiger partial charge in [0.1, 0.15) is 0 Å². The number of hydrogen-bond acceptors (Lipinski definition) is 4. The molecule has 0 aliphatic carbocycles. The summed E-state index contributed by atoms with van der Waals surface area (Å²) in [5.41, 5.74) is 2.66. The van der Waals surface area contributed by atoms with Crippen molar-refractivity contribution in [2.24, 2.45) is 0 Å². The number of carbonyl (C=O) groups excluding carboxylic acids is 1. The Morgan fingerprint density at radius 2 is 2.58 bits per heavy atom. The molecule has 5 heteroatoms. The van der Waals surface area contributed by atoms with E-state index in [4.69, 9.17) is 0 Å². The molecule has 0 spiro atoms. The third-order valence-electron chi connectivity index (χ3n) is 1.29. The van der Waals surface area contributed by atoms with E-state index in [2.05, 4.69) is 15.6 Å². The number of thiazole rings is 1. The van der Waals surface area contributed by atoms with E-state index in [9.17, 15) is 4.79 Å². The van der Waals surface area contributed by atoms with Crippen molar-refractivity contribution in [3.05, 3.63) is 16.6 Å². The van der Waals surface area contributed by atoms with Gasteiger partial charge in [0.15, 0.2) is 0 Å². The van der Waals surface area contributed by atoms with E-state index in [0.29, 0.717) is 13.1 Å². The monoisotopic (exact) mass is 185 g/mol. The maximum Gasteiger partial charge on any atom is 0.234 e. The zero-order valence-electron chi connectivity index (χ0n) is 6.83. The summed E-state index contributed by atoms with van der Waals surface area (Å²) in [4.78, 5) is 15.0. The molecule has 66 valence electrons. The van der Waals surface area contributed by atoms with Crippen LogP contribution in [-0.4, -0.2) is 24.5 Å². The molecule has 1 aromatic heterocycles. The minimum atomic E-state index is -0.00880. The minimum absolute atomic E-state index is 0.00880. The summed E-state index contributed by atoms with van der Waals surface area (Å²) in [6.45, 7) is 0.869. The molecule has 0 aromatic carbocycles. The average molecular weight is 185 g/mol. The van der Waals surface area contributed by atoms with E-state index in [1.165, 1.54) is 11.3 Å². The lowest BCUT2D eigenvalue weighted by atomic mass is 10.4. The zero-order chi connectivity index (χ0) is 8.81. The van der Waals surface area contributed by atoms with Gasteiger partial charge in [-0.2, -0.15) is 0 Å². The molecular weight excluding hydrogens is 174 g/mol. The highest BCUT2D eigenvalue weighted by Gasteiger charge is 1.99. The maximum atomic E-state index is 10.9. The van der Waals surface area contributed by atoms with Crippen LogP contribution in [0.3, 0.4) is 0 Å². The Morgan fingerprint density at radius 3 is 3.17 bits per heavy atom. The number of aromatic nitrogens is 1. The topological polar surface area (TPSA) is 54.0 Å². The molecule has 1 amide bonds. The van der Waals surface area contributed by atoms with E-state index in [1.54, 1.807) is 12.6 Å². The van der Waals surface area contributed by atoms with Gasteiger partial charge in [-0.05, 0) is 7.05 Å². The maximum absolute atomic E-state index is 10.9. The quantitative estimate of drug-likeness (QED) is 0.693. The van der Waals surface area contributed by atoms with Gasteiger partial charge in [0.25, 0.3) is 0 Å². The van der Waals surface area contributed by atoms with Gasteiger partial charge >= 0.3 is 0 Å². The van der Waals surface area contributed by atoms with Crippen LogP contribution < -0.4 is 10.6 Å². The van der Waals surface area contributed by atoms with Crippen molar-refractivity contribution in [1.29, 1.82) is 0 Å². The molecule has 4 nitrogen and oxygen atoms in total. The second-order valence-electron chi connectivity index (χ2n) is 2.29. The Kier molecular flexibility index (Phi) is 3.69. The Bertz CT molecular complexity index is 235. The predicted octanol–water partition coefficient (Wildman–Crippen LogP) is -0.0213. The largest absolute Gasteiger partial charge is 0.349 e. The number of amides is 1. The van der Waals surface area contributed by atoms with E-state index >= 15 is 0 Å². The number of nitrogens with one attached hydrogen (secondary N) is 2. The Balaban J connectivity index is 2.22. The first-order valence-corrected chi connectivity index (χ1v) is 4.55. The van der Waals surface area contributed by atoms with Crippen LogP contribution in [0.15, 0.2) is 10.9 Å². The van der Waals surface area contributed by atoms with Crippen LogP contribution in [0.5, 0.6) is 0 Å². The van der Waals surface area contributed by atoms with Crippen molar-refractivity contribution in [3.8, 4) is 0 Å². The SMILES string of the molecule is CNCC(=O)NCc1cscn1. The van der Waals surface area contributed by atoms with Crippen LogP contribution >= 0.6 is 11.3 Å². The molecule has 0 aliphatic rings. The van der Waals surface area contributed by atoms with Crippen molar-refractivity contribution in [3.63, 3.8) is 0 Å². The van der Waals surface area contributed by atoms with Crippen molar-refractivity contribution < 1.29 is 4.79 Å². The summed E-state index contributed by atoms with van der Waals surface area (Å²) in [6, 6.07) is 0. The summed E-state index contributed by atoms with van der Waals surface area (Å²) >= 11 is 1.53. The number of rotatable bonds is 4. The highest BCUT2D eigenvalue weighted by molar-refractivity contribution is 7.07. The van der Waals surface area contributed by atoms with Gasteiger partial charge in [-0.15, -0.1) is 11.3 Å². The molecule has 12 heavy (non-hydrogen) atoms. The normalized spacial score (nSPS) is 9.75. The van der Waals surface area contributed by atoms with E-state index in [-0.39, 0.29) is 5.91 Å². The van der Waals surface area contributed by atoms with Crippen molar-refractivity contribution in [2.45, 2.75) is 6.54 Å².